The molecule has 0 aromatic rings. The minimum atomic E-state index is -1.75. The number of hydrogen-bond acceptors (Lipinski definition) is 13. The molecule has 19 nitrogen and oxygen atoms in total. The summed E-state index contributed by atoms with van der Waals surface area (Å²) >= 11 is 0. The van der Waals surface area contributed by atoms with Crippen LogP contribution >= 0.6 is 0 Å². The largest absolute Gasteiger partial charge is 3.00 e. The van der Waals surface area contributed by atoms with Crippen LogP contribution < -0.4 is 6.15 Å². The van der Waals surface area contributed by atoms with Gasteiger partial charge in [-0.05, 0) is 0 Å². The molecule has 0 aromatic carbocycles. The normalized spacial score (nSPS) is 4.80. The summed E-state index contributed by atoms with van der Waals surface area (Å²) in [5.41, 5.74) is 0. The summed E-state index contributed by atoms with van der Waals surface area (Å²) < 4.78 is 0. The zero-order chi connectivity index (χ0) is 14.3. The molecule has 20 heavy (non-hydrogen) atoms. The van der Waals surface area contributed by atoms with Gasteiger partial charge in [-0.1, -0.05) is 0 Å². The van der Waals surface area contributed by atoms with Gasteiger partial charge in [0.25, 0.3) is 0 Å². The molecule has 0 fully saturated rings. The number of nitrogens with zero attached hydrogens (tertiary/aromatic N) is 4. The van der Waals surface area contributed by atoms with Crippen molar-refractivity contribution in [1.29, 1.82) is 0 Å². The van der Waals surface area contributed by atoms with E-state index in [0.717, 1.165) is 0 Å². The summed E-state index contributed by atoms with van der Waals surface area (Å²) in [4.78, 5) is 33.0. The van der Waals surface area contributed by atoms with Crippen molar-refractivity contribution in [2.75, 3.05) is 0 Å². The first-order chi connectivity index (χ1) is 6.93. The van der Waals surface area contributed by atoms with Gasteiger partial charge in [0, 0.05) is 0 Å². The second-order valence-electron chi connectivity index (χ2n) is 0.894. The van der Waals surface area contributed by atoms with E-state index in [0.29, 0.717) is 0 Å². The molecular weight excluding hydrogens is 349 g/mol. The van der Waals surface area contributed by atoms with E-state index in [1.807, 2.05) is 0 Å². The average molecular weight is 356 g/mol. The Morgan fingerprint density at radius 1 is 0.450 bits per heavy atom. The van der Waals surface area contributed by atoms with Crippen molar-refractivity contribution in [2.45, 2.75) is 0 Å². The fourth-order valence-electron chi connectivity index (χ4n) is 0. The van der Waals surface area contributed by atoms with Crippen molar-refractivity contribution in [3.05, 3.63) is 73.6 Å². The van der Waals surface area contributed by atoms with E-state index >= 15 is 0 Å². The molecule has 7 N–H and O–H groups in total. The van der Waals surface area contributed by atoms with Crippen LogP contribution in [0.3, 0.4) is 0 Å². The van der Waals surface area contributed by atoms with Crippen LogP contribution in [-0.4, -0.2) is 20.3 Å². The van der Waals surface area contributed by atoms with Crippen LogP contribution in [0, 0.1) is 61.3 Å². The molecular formula is H7CoN7O12-3. The van der Waals surface area contributed by atoms with Gasteiger partial charge in [-0.15, -0.1) is 0 Å². The zero-order valence-electron chi connectivity index (χ0n) is 8.88. The van der Waals surface area contributed by atoms with Crippen LogP contribution in [0.5, 0.6) is 0 Å². The molecule has 0 rings (SSSR count). The van der Waals surface area contributed by atoms with E-state index in [4.69, 9.17) is 61.3 Å². The van der Waals surface area contributed by atoms with Gasteiger partial charge in [0.1, 0.15) is 0 Å². The van der Waals surface area contributed by atoms with E-state index < -0.39 is 20.3 Å². The number of hydrogen-bond donors (Lipinski definition) is 1. The van der Waals surface area contributed by atoms with Crippen LogP contribution in [0.15, 0.2) is 0 Å². The molecule has 0 spiro atoms. The SMILES string of the molecule is N.O=[N+]([O-])[O-].O=[N+]([O-])[O-].O=[N+]([O-])[O-].O=[N+]([O-])[O-].[Co+3].[NH2-].[NH2-]. The molecule has 0 unspecified atom stereocenters. The molecule has 0 amide bonds. The number of nitrogens with two attached hydrogens (primary N) is 2. The molecule has 126 valence electrons. The number of rotatable bonds is 0. The third-order valence-corrected chi connectivity index (χ3v) is 0. The van der Waals surface area contributed by atoms with E-state index in [1.54, 1.807) is 0 Å². The van der Waals surface area contributed by atoms with E-state index in [-0.39, 0.29) is 35.2 Å². The van der Waals surface area contributed by atoms with Crippen LogP contribution in [-0.2, 0) is 16.8 Å². The fraction of sp³-hybridized carbons (Fsp3) is 0. The van der Waals surface area contributed by atoms with Gasteiger partial charge in [-0.3, -0.25) is 0 Å². The van der Waals surface area contributed by atoms with Crippen molar-refractivity contribution >= 4 is 0 Å². The molecule has 20 heteroatoms. The quantitative estimate of drug-likeness (QED) is 0.459. The summed E-state index contributed by atoms with van der Waals surface area (Å²) in [6.45, 7) is 0. The second-order valence-corrected chi connectivity index (χ2v) is 0.894. The minimum absolute atomic E-state index is 0. The third kappa shape index (κ3) is 386. The molecule has 0 saturated heterocycles. The van der Waals surface area contributed by atoms with Crippen molar-refractivity contribution in [1.82, 2.24) is 6.15 Å². The maximum atomic E-state index is 8.25. The summed E-state index contributed by atoms with van der Waals surface area (Å²) in [7, 11) is 0. The van der Waals surface area contributed by atoms with E-state index in [9.17, 15) is 0 Å². The van der Waals surface area contributed by atoms with Crippen molar-refractivity contribution < 1.29 is 37.1 Å². The Labute approximate surface area is 118 Å². The maximum Gasteiger partial charge on any atom is 3.00 e. The molecule has 0 aromatic heterocycles. The van der Waals surface area contributed by atoms with Crippen LogP contribution in [0.4, 0.5) is 0 Å². The van der Waals surface area contributed by atoms with E-state index in [1.165, 1.54) is 0 Å². The first-order valence-electron chi connectivity index (χ1n) is 2.19. The maximum absolute atomic E-state index is 8.25. The van der Waals surface area contributed by atoms with Crippen LogP contribution in [0.1, 0.15) is 0 Å². The van der Waals surface area contributed by atoms with Gasteiger partial charge < -0.3 is 79.7 Å². The van der Waals surface area contributed by atoms with Gasteiger partial charge >= 0.3 is 16.8 Å². The van der Waals surface area contributed by atoms with Gasteiger partial charge in [0.2, 0.25) is 0 Å². The molecule has 0 saturated carbocycles. The van der Waals surface area contributed by atoms with Crippen molar-refractivity contribution in [3.63, 3.8) is 0 Å². The van der Waals surface area contributed by atoms with Crippen molar-refractivity contribution in [2.24, 2.45) is 0 Å². The smallest absolute Gasteiger partial charge is 0.693 e. The standard InChI is InChI=1S/Co.4NO3.H3N.2H2N/c;4*2-1(3)4;;;/h;;;;;1H3;2*1H2/q+3;4*-1;;2*-1. The Hall–Kier alpha value is -2.81. The summed E-state index contributed by atoms with van der Waals surface area (Å²) in [5.74, 6) is 0. The summed E-state index contributed by atoms with van der Waals surface area (Å²) in [5, 5.41) is 59.0. The molecule has 0 aliphatic carbocycles. The van der Waals surface area contributed by atoms with Crippen molar-refractivity contribution in [3.8, 4) is 0 Å². The predicted molar refractivity (Wildman–Crippen MR) is 57.0 cm³/mol. The monoisotopic (exact) mass is 356 g/mol. The fourth-order valence-corrected chi connectivity index (χ4v) is 0. The molecule has 0 heterocycles. The van der Waals surface area contributed by atoms with Gasteiger partial charge in [0.05, 0.1) is 20.3 Å². The Morgan fingerprint density at radius 2 is 0.450 bits per heavy atom. The molecule has 0 radical (unpaired) electrons. The molecule has 0 bridgehead atoms. The van der Waals surface area contributed by atoms with E-state index in [2.05, 4.69) is 0 Å². The topological polar surface area (TPSA) is 367 Å². The predicted octanol–water partition coefficient (Wildman–Crippen LogP) is 0.637. The summed E-state index contributed by atoms with van der Waals surface area (Å²) in [6.07, 6.45) is 0. The molecule has 0 aliphatic rings. The Balaban J connectivity index is -0.0000000150. The average Bonchev–Trinajstić information content (AvgIpc) is 1.76. The Kier molecular flexibility index (Phi) is 118. The first-order valence-corrected chi connectivity index (χ1v) is 2.19. The second kappa shape index (κ2) is 44.2. The third-order valence-electron chi connectivity index (χ3n) is 0. The van der Waals surface area contributed by atoms with Crippen LogP contribution in [0.25, 0.3) is 12.3 Å². The molecule has 0 aliphatic heterocycles. The van der Waals surface area contributed by atoms with Gasteiger partial charge in [-0.25, -0.2) is 0 Å². The van der Waals surface area contributed by atoms with Gasteiger partial charge in [-0.2, -0.15) is 0 Å². The van der Waals surface area contributed by atoms with Crippen LogP contribution in [0.2, 0.25) is 0 Å². The minimum Gasteiger partial charge on any atom is -0.693 e. The summed E-state index contributed by atoms with van der Waals surface area (Å²) in [6, 6.07) is 0. The Bertz CT molecular complexity index is 164. The first kappa shape index (κ1) is 53.4. The van der Waals surface area contributed by atoms with Gasteiger partial charge in [0.15, 0.2) is 0 Å². The Morgan fingerprint density at radius 3 is 0.450 bits per heavy atom. The molecule has 0 atom stereocenters. The zero-order valence-corrected chi connectivity index (χ0v) is 9.92.